The van der Waals surface area contributed by atoms with Gasteiger partial charge in [0.05, 0.1) is 12.7 Å². The molecule has 0 saturated carbocycles. The fourth-order valence-electron chi connectivity index (χ4n) is 2.07. The zero-order valence-corrected chi connectivity index (χ0v) is 11.7. The van der Waals surface area contributed by atoms with Crippen molar-refractivity contribution in [2.75, 3.05) is 7.11 Å². The second-order valence-corrected chi connectivity index (χ2v) is 5.46. The molecule has 0 fully saturated rings. The molecule has 0 amide bonds. The molecule has 3 rings (SSSR count). The molecule has 1 N–H and O–H groups in total. The number of benzene rings is 2. The monoisotopic (exact) mass is 283 g/mol. The first-order valence-electron chi connectivity index (χ1n) is 6.20. The lowest BCUT2D eigenvalue weighted by molar-refractivity contribution is 0.0603. The number of carbonyl (C=O) groups is 1. The van der Waals surface area contributed by atoms with Crippen LogP contribution in [0.5, 0.6) is 0 Å². The highest BCUT2D eigenvalue weighted by Crippen LogP contribution is 2.30. The van der Waals surface area contributed by atoms with Gasteiger partial charge in [0.1, 0.15) is 0 Å². The van der Waals surface area contributed by atoms with Crippen molar-refractivity contribution in [1.29, 1.82) is 0 Å². The van der Waals surface area contributed by atoms with Gasteiger partial charge in [-0.1, -0.05) is 36.0 Å². The standard InChI is InChI=1S/C16H13NO2S/c1-19-16(18)14-10-17-15-9-12(7-8-13(14)15)20-11-5-3-2-4-6-11/h2-10,17H,1H3. The van der Waals surface area contributed by atoms with Gasteiger partial charge in [0.2, 0.25) is 0 Å². The lowest BCUT2D eigenvalue weighted by Gasteiger charge is -2.02. The zero-order chi connectivity index (χ0) is 13.9. The van der Waals surface area contributed by atoms with Gasteiger partial charge in [-0.2, -0.15) is 0 Å². The van der Waals surface area contributed by atoms with Gasteiger partial charge in [0.15, 0.2) is 0 Å². The lowest BCUT2D eigenvalue weighted by atomic mass is 10.2. The number of fused-ring (bicyclic) bond motifs is 1. The second-order valence-electron chi connectivity index (χ2n) is 4.32. The number of hydrogen-bond donors (Lipinski definition) is 1. The van der Waals surface area contributed by atoms with Gasteiger partial charge in [-0.3, -0.25) is 0 Å². The number of aromatic nitrogens is 1. The summed E-state index contributed by atoms with van der Waals surface area (Å²) >= 11 is 1.69. The molecule has 0 bridgehead atoms. The fourth-order valence-corrected chi connectivity index (χ4v) is 2.95. The van der Waals surface area contributed by atoms with Crippen molar-refractivity contribution in [3.8, 4) is 0 Å². The predicted molar refractivity (Wildman–Crippen MR) is 80.2 cm³/mol. The van der Waals surface area contributed by atoms with E-state index in [-0.39, 0.29) is 5.97 Å². The minimum Gasteiger partial charge on any atom is -0.465 e. The number of esters is 1. The summed E-state index contributed by atoms with van der Waals surface area (Å²) in [6.07, 6.45) is 1.69. The zero-order valence-electron chi connectivity index (χ0n) is 10.9. The number of hydrogen-bond acceptors (Lipinski definition) is 3. The van der Waals surface area contributed by atoms with E-state index in [9.17, 15) is 4.79 Å². The van der Waals surface area contributed by atoms with Crippen LogP contribution < -0.4 is 0 Å². The minimum absolute atomic E-state index is 0.320. The van der Waals surface area contributed by atoms with E-state index in [4.69, 9.17) is 4.74 Å². The molecule has 0 saturated heterocycles. The summed E-state index contributed by atoms with van der Waals surface area (Å²) in [5, 5.41) is 0.884. The molecule has 1 aromatic heterocycles. The highest BCUT2D eigenvalue weighted by atomic mass is 32.2. The van der Waals surface area contributed by atoms with E-state index in [0.29, 0.717) is 5.56 Å². The van der Waals surface area contributed by atoms with Crippen molar-refractivity contribution in [1.82, 2.24) is 4.98 Å². The maximum absolute atomic E-state index is 11.6. The third-order valence-corrected chi connectivity index (χ3v) is 4.03. The van der Waals surface area contributed by atoms with Crippen molar-refractivity contribution in [2.45, 2.75) is 9.79 Å². The van der Waals surface area contributed by atoms with E-state index >= 15 is 0 Å². The van der Waals surface area contributed by atoms with Crippen LogP contribution in [0.2, 0.25) is 0 Å². The van der Waals surface area contributed by atoms with Crippen molar-refractivity contribution in [3.05, 3.63) is 60.3 Å². The predicted octanol–water partition coefficient (Wildman–Crippen LogP) is 4.11. The van der Waals surface area contributed by atoms with Crippen LogP contribution in [0.1, 0.15) is 10.4 Å². The lowest BCUT2D eigenvalue weighted by Crippen LogP contribution is -1.99. The summed E-state index contributed by atoms with van der Waals surface area (Å²) in [6, 6.07) is 16.2. The first-order chi connectivity index (χ1) is 9.78. The van der Waals surface area contributed by atoms with Gasteiger partial charge in [-0.05, 0) is 24.3 Å². The van der Waals surface area contributed by atoms with Crippen LogP contribution >= 0.6 is 11.8 Å². The van der Waals surface area contributed by atoms with Crippen LogP contribution in [0, 0.1) is 0 Å². The molecule has 2 aromatic carbocycles. The summed E-state index contributed by atoms with van der Waals surface area (Å²) in [7, 11) is 1.39. The molecule has 3 aromatic rings. The first-order valence-corrected chi connectivity index (χ1v) is 7.02. The van der Waals surface area contributed by atoms with E-state index in [0.717, 1.165) is 15.8 Å². The van der Waals surface area contributed by atoms with Gasteiger partial charge in [-0.15, -0.1) is 0 Å². The molecule has 0 aliphatic heterocycles. The highest BCUT2D eigenvalue weighted by molar-refractivity contribution is 7.99. The third-order valence-electron chi connectivity index (χ3n) is 3.04. The van der Waals surface area contributed by atoms with Crippen LogP contribution in [0.25, 0.3) is 10.9 Å². The maximum Gasteiger partial charge on any atom is 0.340 e. The molecular weight excluding hydrogens is 270 g/mol. The first kappa shape index (κ1) is 12.8. The Morgan fingerprint density at radius 1 is 1.10 bits per heavy atom. The van der Waals surface area contributed by atoms with Gasteiger partial charge in [0, 0.05) is 26.9 Å². The molecular formula is C16H13NO2S. The molecule has 0 aliphatic carbocycles. The summed E-state index contributed by atoms with van der Waals surface area (Å²) in [4.78, 5) is 17.0. The van der Waals surface area contributed by atoms with Crippen LogP contribution in [0.3, 0.4) is 0 Å². The topological polar surface area (TPSA) is 42.1 Å². The second kappa shape index (κ2) is 5.43. The smallest absolute Gasteiger partial charge is 0.340 e. The molecule has 20 heavy (non-hydrogen) atoms. The van der Waals surface area contributed by atoms with Gasteiger partial charge in [0.25, 0.3) is 0 Å². The molecule has 0 unspecified atom stereocenters. The van der Waals surface area contributed by atoms with Crippen molar-refractivity contribution >= 4 is 28.6 Å². The van der Waals surface area contributed by atoms with E-state index in [1.165, 1.54) is 12.0 Å². The van der Waals surface area contributed by atoms with Gasteiger partial charge in [-0.25, -0.2) is 4.79 Å². The quantitative estimate of drug-likeness (QED) is 0.736. The van der Waals surface area contributed by atoms with Crippen LogP contribution in [0.15, 0.2) is 64.5 Å². The van der Waals surface area contributed by atoms with E-state index in [2.05, 4.69) is 17.1 Å². The Hall–Kier alpha value is -2.20. The minimum atomic E-state index is -0.320. The Bertz CT molecular complexity index is 750. The summed E-state index contributed by atoms with van der Waals surface area (Å²) in [5.74, 6) is -0.320. The van der Waals surface area contributed by atoms with Crippen LogP contribution in [-0.2, 0) is 4.74 Å². The number of H-pyrrole nitrogens is 1. The van der Waals surface area contributed by atoms with E-state index in [1.54, 1.807) is 18.0 Å². The number of carbonyl (C=O) groups excluding carboxylic acids is 1. The summed E-state index contributed by atoms with van der Waals surface area (Å²) < 4.78 is 4.76. The molecule has 100 valence electrons. The van der Waals surface area contributed by atoms with E-state index in [1.807, 2.05) is 36.4 Å². The highest BCUT2D eigenvalue weighted by Gasteiger charge is 2.12. The molecule has 0 atom stereocenters. The Labute approximate surface area is 121 Å². The van der Waals surface area contributed by atoms with Gasteiger partial charge < -0.3 is 9.72 Å². The average Bonchev–Trinajstić information content (AvgIpc) is 2.90. The molecule has 0 aliphatic rings. The van der Waals surface area contributed by atoms with Crippen molar-refractivity contribution < 1.29 is 9.53 Å². The summed E-state index contributed by atoms with van der Waals surface area (Å²) in [5.41, 5.74) is 1.50. The number of rotatable bonds is 3. The largest absolute Gasteiger partial charge is 0.465 e. The summed E-state index contributed by atoms with van der Waals surface area (Å²) in [6.45, 7) is 0. The van der Waals surface area contributed by atoms with Crippen molar-refractivity contribution in [3.63, 3.8) is 0 Å². The Balaban J connectivity index is 1.94. The Kier molecular flexibility index (Phi) is 3.48. The number of nitrogens with one attached hydrogen (secondary N) is 1. The molecule has 3 nitrogen and oxygen atoms in total. The molecule has 1 heterocycles. The molecule has 0 radical (unpaired) electrons. The van der Waals surface area contributed by atoms with Crippen LogP contribution in [0.4, 0.5) is 0 Å². The number of ether oxygens (including phenoxy) is 1. The number of aromatic amines is 1. The molecule has 0 spiro atoms. The SMILES string of the molecule is COC(=O)c1c[nH]c2cc(Sc3ccccc3)ccc12. The average molecular weight is 283 g/mol. The fraction of sp³-hybridized carbons (Fsp3) is 0.0625. The maximum atomic E-state index is 11.6. The normalized spacial score (nSPS) is 10.7. The van der Waals surface area contributed by atoms with Crippen molar-refractivity contribution in [2.24, 2.45) is 0 Å². The molecule has 4 heteroatoms. The van der Waals surface area contributed by atoms with Crippen LogP contribution in [-0.4, -0.2) is 18.1 Å². The number of methoxy groups -OCH3 is 1. The van der Waals surface area contributed by atoms with Gasteiger partial charge >= 0.3 is 5.97 Å². The Morgan fingerprint density at radius 2 is 1.90 bits per heavy atom. The Morgan fingerprint density at radius 3 is 2.65 bits per heavy atom. The third kappa shape index (κ3) is 2.42. The van der Waals surface area contributed by atoms with E-state index < -0.39 is 0 Å².